The molecule has 0 aliphatic rings. The van der Waals surface area contributed by atoms with Gasteiger partial charge in [0.15, 0.2) is 0 Å². The molecule has 0 N–H and O–H groups in total. The Balaban J connectivity index is 1.86. The van der Waals surface area contributed by atoms with Gasteiger partial charge in [0.25, 0.3) is 0 Å². The Kier molecular flexibility index (Phi) is 6.88. The van der Waals surface area contributed by atoms with E-state index in [4.69, 9.17) is 16.3 Å². The second-order valence-electron chi connectivity index (χ2n) is 5.79. The fourth-order valence-corrected chi connectivity index (χ4v) is 2.53. The smallest absolute Gasteiger partial charge is 0.0736 e. The van der Waals surface area contributed by atoms with Gasteiger partial charge < -0.3 is 4.74 Å². The van der Waals surface area contributed by atoms with Crippen LogP contribution in [0.25, 0.3) is 0 Å². The number of rotatable bonds is 8. The number of hydrogen-bond acceptors (Lipinski definition) is 2. The van der Waals surface area contributed by atoms with Crippen molar-refractivity contribution in [3.63, 3.8) is 0 Å². The van der Waals surface area contributed by atoms with Gasteiger partial charge in [-0.05, 0) is 41.2 Å². The summed E-state index contributed by atoms with van der Waals surface area (Å²) in [6, 6.07) is 9.97. The van der Waals surface area contributed by atoms with Gasteiger partial charge in [0, 0.05) is 17.4 Å². The summed E-state index contributed by atoms with van der Waals surface area (Å²) >= 11 is 5.88. The molecule has 0 aliphatic heterocycles. The predicted octanol–water partition coefficient (Wildman–Crippen LogP) is 5.75. The third-order valence-electron chi connectivity index (χ3n) is 3.83. The molecule has 2 nitrogen and oxygen atoms in total. The first-order valence-corrected chi connectivity index (χ1v) is 8.33. The molecule has 22 heavy (non-hydrogen) atoms. The largest absolute Gasteiger partial charge is 0.372 e. The van der Waals surface area contributed by atoms with Crippen molar-refractivity contribution in [2.75, 3.05) is 0 Å². The van der Waals surface area contributed by atoms with Gasteiger partial charge in [-0.25, -0.2) is 0 Å². The van der Waals surface area contributed by atoms with Crippen LogP contribution in [0.5, 0.6) is 0 Å². The first kappa shape index (κ1) is 17.0. The lowest BCUT2D eigenvalue weighted by Crippen LogP contribution is -1.99. The van der Waals surface area contributed by atoms with Crippen LogP contribution in [0.4, 0.5) is 0 Å². The van der Waals surface area contributed by atoms with Gasteiger partial charge in [-0.3, -0.25) is 4.98 Å². The van der Waals surface area contributed by atoms with Gasteiger partial charge >= 0.3 is 0 Å². The number of aromatic nitrogens is 1. The number of unbranched alkanes of at least 4 members (excludes halogenated alkanes) is 1. The number of pyridine rings is 1. The zero-order valence-corrected chi connectivity index (χ0v) is 14.1. The molecule has 1 unspecified atom stereocenters. The highest BCUT2D eigenvalue weighted by Gasteiger charge is 2.06. The molecule has 0 radical (unpaired) electrons. The van der Waals surface area contributed by atoms with Crippen molar-refractivity contribution in [1.82, 2.24) is 4.98 Å². The molecule has 0 aliphatic carbocycles. The van der Waals surface area contributed by atoms with Crippen LogP contribution < -0.4 is 0 Å². The molecule has 1 atom stereocenters. The van der Waals surface area contributed by atoms with E-state index in [9.17, 15) is 0 Å². The van der Waals surface area contributed by atoms with Gasteiger partial charge in [0.1, 0.15) is 0 Å². The van der Waals surface area contributed by atoms with Crippen LogP contribution in [0.15, 0.2) is 42.7 Å². The minimum Gasteiger partial charge on any atom is -0.372 e. The zero-order valence-electron chi connectivity index (χ0n) is 13.4. The molecule has 0 amide bonds. The highest BCUT2D eigenvalue weighted by atomic mass is 35.5. The van der Waals surface area contributed by atoms with Crippen molar-refractivity contribution >= 4 is 11.6 Å². The molecule has 0 bridgehead atoms. The minimum atomic E-state index is 0.559. The number of halogens is 1. The summed E-state index contributed by atoms with van der Waals surface area (Å²) in [7, 11) is 0. The van der Waals surface area contributed by atoms with E-state index in [0.717, 1.165) is 16.1 Å². The molecular weight excluding hydrogens is 294 g/mol. The molecule has 3 heteroatoms. The maximum Gasteiger partial charge on any atom is 0.0736 e. The Morgan fingerprint density at radius 1 is 1.09 bits per heavy atom. The third kappa shape index (κ3) is 5.43. The molecule has 1 aromatic heterocycles. The quantitative estimate of drug-likeness (QED) is 0.619. The molecule has 0 saturated heterocycles. The first-order chi connectivity index (χ1) is 10.7. The normalized spacial score (nSPS) is 12.3. The van der Waals surface area contributed by atoms with E-state index in [1.807, 2.05) is 36.7 Å². The Labute approximate surface area is 138 Å². The van der Waals surface area contributed by atoms with Crippen molar-refractivity contribution in [3.05, 3.63) is 64.4 Å². The minimum absolute atomic E-state index is 0.559. The summed E-state index contributed by atoms with van der Waals surface area (Å²) in [4.78, 5) is 4.35. The molecule has 0 spiro atoms. The summed E-state index contributed by atoms with van der Waals surface area (Å²) < 4.78 is 5.78. The van der Waals surface area contributed by atoms with Crippen LogP contribution in [0.3, 0.4) is 0 Å². The van der Waals surface area contributed by atoms with Crippen LogP contribution in [0.1, 0.15) is 55.7 Å². The van der Waals surface area contributed by atoms with Crippen LogP contribution in [-0.4, -0.2) is 4.98 Å². The average molecular weight is 318 g/mol. The average Bonchev–Trinajstić information content (AvgIpc) is 2.55. The van der Waals surface area contributed by atoms with Crippen LogP contribution >= 0.6 is 11.6 Å². The van der Waals surface area contributed by atoms with E-state index in [0.29, 0.717) is 19.1 Å². The summed E-state index contributed by atoms with van der Waals surface area (Å²) in [5, 5.41) is 0.752. The second-order valence-corrected chi connectivity index (χ2v) is 6.23. The maximum absolute atomic E-state index is 5.88. The maximum atomic E-state index is 5.88. The van der Waals surface area contributed by atoms with Gasteiger partial charge in [-0.1, -0.05) is 56.5 Å². The third-order valence-corrected chi connectivity index (χ3v) is 4.08. The lowest BCUT2D eigenvalue weighted by molar-refractivity contribution is 0.107. The van der Waals surface area contributed by atoms with Gasteiger partial charge in [-0.15, -0.1) is 0 Å². The van der Waals surface area contributed by atoms with Crippen molar-refractivity contribution in [2.24, 2.45) is 0 Å². The lowest BCUT2D eigenvalue weighted by Gasteiger charge is -2.12. The molecule has 118 valence electrons. The first-order valence-electron chi connectivity index (χ1n) is 7.95. The van der Waals surface area contributed by atoms with Crippen LogP contribution in [0.2, 0.25) is 5.02 Å². The molecule has 2 rings (SSSR count). The Morgan fingerprint density at radius 2 is 1.82 bits per heavy atom. The Morgan fingerprint density at radius 3 is 2.55 bits per heavy atom. The van der Waals surface area contributed by atoms with E-state index in [1.165, 1.54) is 24.8 Å². The highest BCUT2D eigenvalue weighted by molar-refractivity contribution is 6.30. The summed E-state index contributed by atoms with van der Waals surface area (Å²) in [5.41, 5.74) is 3.57. The number of benzene rings is 1. The van der Waals surface area contributed by atoms with Gasteiger partial charge in [-0.2, -0.15) is 0 Å². The summed E-state index contributed by atoms with van der Waals surface area (Å²) in [6.45, 7) is 5.67. The molecule has 1 heterocycles. The SMILES string of the molecule is CCCCC(C)c1cncc(COCc2ccc(Cl)cc2)c1. The monoisotopic (exact) mass is 317 g/mol. The summed E-state index contributed by atoms with van der Waals surface area (Å²) in [6.07, 6.45) is 7.58. The Hall–Kier alpha value is -1.38. The van der Waals surface area contributed by atoms with E-state index >= 15 is 0 Å². The van der Waals surface area contributed by atoms with E-state index in [2.05, 4.69) is 24.9 Å². The van der Waals surface area contributed by atoms with Crippen LogP contribution in [0, 0.1) is 0 Å². The molecule has 0 fully saturated rings. The topological polar surface area (TPSA) is 22.1 Å². The number of hydrogen-bond donors (Lipinski definition) is 0. The molecular formula is C19H24ClNO. The second kappa shape index (κ2) is 8.92. The lowest BCUT2D eigenvalue weighted by atomic mass is 9.96. The number of nitrogens with zero attached hydrogens (tertiary/aromatic N) is 1. The highest BCUT2D eigenvalue weighted by Crippen LogP contribution is 2.21. The fourth-order valence-electron chi connectivity index (χ4n) is 2.40. The molecule has 0 saturated carbocycles. The molecule has 2 aromatic rings. The molecule has 1 aromatic carbocycles. The summed E-state index contributed by atoms with van der Waals surface area (Å²) in [5.74, 6) is 0.559. The fraction of sp³-hybridized carbons (Fsp3) is 0.421. The van der Waals surface area contributed by atoms with Crippen LogP contribution in [-0.2, 0) is 18.0 Å². The van der Waals surface area contributed by atoms with E-state index in [-0.39, 0.29) is 0 Å². The zero-order chi connectivity index (χ0) is 15.8. The van der Waals surface area contributed by atoms with Gasteiger partial charge in [0.05, 0.1) is 13.2 Å². The van der Waals surface area contributed by atoms with Crippen molar-refractivity contribution in [2.45, 2.75) is 52.2 Å². The van der Waals surface area contributed by atoms with Crippen molar-refractivity contribution < 1.29 is 4.74 Å². The van der Waals surface area contributed by atoms with Gasteiger partial charge in [0.2, 0.25) is 0 Å². The van der Waals surface area contributed by atoms with Crippen molar-refractivity contribution in [1.29, 1.82) is 0 Å². The van der Waals surface area contributed by atoms with E-state index in [1.54, 1.807) is 0 Å². The van der Waals surface area contributed by atoms with Crippen molar-refractivity contribution in [3.8, 4) is 0 Å². The Bertz CT molecular complexity index is 568. The predicted molar refractivity (Wildman–Crippen MR) is 92.1 cm³/mol. The van der Waals surface area contributed by atoms with E-state index < -0.39 is 0 Å². The number of ether oxygens (including phenoxy) is 1. The standard InChI is InChI=1S/C19H24ClNO/c1-3-4-5-15(2)18-10-17(11-21-12-18)14-22-13-16-6-8-19(20)9-7-16/h6-12,15H,3-5,13-14H2,1-2H3.